The predicted octanol–water partition coefficient (Wildman–Crippen LogP) is 11.3. The van der Waals surface area contributed by atoms with E-state index in [1.165, 1.54) is 22.3 Å². The fourth-order valence-electron chi connectivity index (χ4n) is 8.30. The van der Waals surface area contributed by atoms with Gasteiger partial charge in [0.05, 0.1) is 45.4 Å². The van der Waals surface area contributed by atoms with Gasteiger partial charge in [0.15, 0.2) is 0 Å². The van der Waals surface area contributed by atoms with Gasteiger partial charge in [-0.15, -0.1) is 0 Å². The van der Waals surface area contributed by atoms with E-state index >= 15 is 0 Å². The molecule has 0 N–H and O–H groups in total. The molecule has 6 heteroatoms. The van der Waals surface area contributed by atoms with Crippen LogP contribution in [0.2, 0.25) is 0 Å². The van der Waals surface area contributed by atoms with Gasteiger partial charge in [0, 0.05) is 34.1 Å². The Morgan fingerprint density at radius 3 is 1.02 bits per heavy atom. The minimum atomic E-state index is -0.197. The minimum Gasteiger partial charge on any atom is -0.310 e. The SMILES string of the molecule is N#Cc1cc2nc3c(nc2cc1C#N)C1c2ccc(N(c4ccccc4)c4ccccc4)cc2C3c2ccc(N(c3ccccc3)c3ccccc3)cc21. The molecule has 3 aliphatic carbocycles. The maximum absolute atomic E-state index is 9.86. The Labute approximate surface area is 313 Å². The first kappa shape index (κ1) is 31.2. The van der Waals surface area contributed by atoms with Crippen molar-refractivity contribution >= 4 is 45.2 Å². The highest BCUT2D eigenvalue weighted by atomic mass is 15.1. The Morgan fingerprint density at radius 1 is 0.370 bits per heavy atom. The van der Waals surface area contributed by atoms with Gasteiger partial charge in [-0.1, -0.05) is 84.9 Å². The maximum Gasteiger partial charge on any atom is 0.101 e. The van der Waals surface area contributed by atoms with E-state index in [1.807, 2.05) is 24.3 Å². The summed E-state index contributed by atoms with van der Waals surface area (Å²) in [5.41, 5.74) is 14.7. The highest BCUT2D eigenvalue weighted by Gasteiger charge is 2.44. The molecule has 1 aromatic heterocycles. The second-order valence-corrected chi connectivity index (χ2v) is 13.6. The zero-order valence-corrected chi connectivity index (χ0v) is 29.0. The number of anilines is 6. The molecule has 0 amide bonds. The number of fused-ring (bicyclic) bond motifs is 1. The Bertz CT molecular complexity index is 2530. The van der Waals surface area contributed by atoms with Crippen molar-refractivity contribution in [3.8, 4) is 12.1 Å². The number of rotatable bonds is 6. The molecule has 0 saturated heterocycles. The lowest BCUT2D eigenvalue weighted by Gasteiger charge is -2.42. The Balaban J connectivity index is 1.20. The molecule has 7 aromatic carbocycles. The van der Waals surface area contributed by atoms with Crippen LogP contribution in [-0.2, 0) is 0 Å². The van der Waals surface area contributed by atoms with Crippen molar-refractivity contribution in [3.63, 3.8) is 0 Å². The number of benzene rings is 7. The van der Waals surface area contributed by atoms with Crippen LogP contribution in [0.4, 0.5) is 34.1 Å². The van der Waals surface area contributed by atoms with E-state index in [0.717, 1.165) is 45.5 Å². The van der Waals surface area contributed by atoms with Gasteiger partial charge >= 0.3 is 0 Å². The van der Waals surface area contributed by atoms with Crippen LogP contribution in [0.15, 0.2) is 170 Å². The molecule has 2 unspecified atom stereocenters. The van der Waals surface area contributed by atoms with Crippen molar-refractivity contribution in [1.82, 2.24) is 9.97 Å². The number of hydrogen-bond acceptors (Lipinski definition) is 6. The standard InChI is InChI=1S/C48H30N6/c49-29-31-25-43-44(26-32(31)30-50)52-48-46-39-23-21-37(53(33-13-5-1-6-14-33)34-15-7-2-8-16-34)27-41(39)45(47(48)51-43)40-24-22-38(28-42(40)46)54(35-17-9-3-10-18-35)36-19-11-4-12-20-36/h1-28,45-46H. The molecule has 2 bridgehead atoms. The van der Waals surface area contributed by atoms with Gasteiger partial charge in [-0.25, -0.2) is 9.97 Å². The van der Waals surface area contributed by atoms with Crippen LogP contribution in [-0.4, -0.2) is 9.97 Å². The molecule has 0 saturated carbocycles. The van der Waals surface area contributed by atoms with Gasteiger partial charge in [0.2, 0.25) is 0 Å². The number of nitrogens with zero attached hydrogens (tertiary/aromatic N) is 6. The summed E-state index contributed by atoms with van der Waals surface area (Å²) in [4.78, 5) is 15.1. The van der Waals surface area contributed by atoms with Crippen LogP contribution in [0.3, 0.4) is 0 Å². The predicted molar refractivity (Wildman–Crippen MR) is 213 cm³/mol. The summed E-state index contributed by atoms with van der Waals surface area (Å²) in [6.45, 7) is 0. The van der Waals surface area contributed by atoms with Crippen molar-refractivity contribution in [3.05, 3.63) is 215 Å². The maximum atomic E-state index is 9.86. The third kappa shape index (κ3) is 4.93. The number of aromatic nitrogens is 2. The van der Waals surface area contributed by atoms with Crippen molar-refractivity contribution in [2.45, 2.75) is 11.8 Å². The fourth-order valence-corrected chi connectivity index (χ4v) is 8.30. The zero-order valence-electron chi connectivity index (χ0n) is 29.0. The van der Waals surface area contributed by atoms with E-state index in [4.69, 9.17) is 9.97 Å². The Kier molecular flexibility index (Phi) is 7.28. The molecule has 0 spiro atoms. The number of para-hydroxylation sites is 4. The van der Waals surface area contributed by atoms with Crippen LogP contribution < -0.4 is 9.80 Å². The molecule has 2 atom stereocenters. The quantitative estimate of drug-likeness (QED) is 0.173. The van der Waals surface area contributed by atoms with Crippen LogP contribution in [0.5, 0.6) is 0 Å². The monoisotopic (exact) mass is 690 g/mol. The molecule has 6 nitrogen and oxygen atoms in total. The lowest BCUT2D eigenvalue weighted by Crippen LogP contribution is -2.30. The topological polar surface area (TPSA) is 79.8 Å². The highest BCUT2D eigenvalue weighted by Crippen LogP contribution is 2.57. The molecule has 8 aromatic rings. The van der Waals surface area contributed by atoms with E-state index in [9.17, 15) is 10.5 Å². The molecule has 252 valence electrons. The zero-order chi connectivity index (χ0) is 36.2. The van der Waals surface area contributed by atoms with E-state index in [0.29, 0.717) is 22.2 Å². The first-order valence-corrected chi connectivity index (χ1v) is 17.9. The Morgan fingerprint density at radius 2 is 0.704 bits per heavy atom. The average molecular weight is 691 g/mol. The summed E-state index contributed by atoms with van der Waals surface area (Å²) in [6, 6.07) is 63.1. The average Bonchev–Trinajstić information content (AvgIpc) is 3.24. The third-order valence-electron chi connectivity index (χ3n) is 10.6. The van der Waals surface area contributed by atoms with E-state index in [2.05, 4.69) is 155 Å². The van der Waals surface area contributed by atoms with Gasteiger partial charge in [-0.3, -0.25) is 0 Å². The van der Waals surface area contributed by atoms with Crippen LogP contribution in [0.1, 0.15) is 56.6 Å². The van der Waals surface area contributed by atoms with Crippen LogP contribution in [0, 0.1) is 22.7 Å². The highest BCUT2D eigenvalue weighted by molar-refractivity contribution is 5.84. The lowest BCUT2D eigenvalue weighted by atomic mass is 9.64. The van der Waals surface area contributed by atoms with Crippen molar-refractivity contribution in [2.24, 2.45) is 0 Å². The first-order chi connectivity index (χ1) is 26.7. The second kappa shape index (κ2) is 12.6. The largest absolute Gasteiger partial charge is 0.310 e. The van der Waals surface area contributed by atoms with Crippen molar-refractivity contribution < 1.29 is 0 Å². The van der Waals surface area contributed by atoms with E-state index in [-0.39, 0.29) is 11.8 Å². The summed E-state index contributed by atoms with van der Waals surface area (Å²) in [5.74, 6) is -0.394. The minimum absolute atomic E-state index is 0.197. The van der Waals surface area contributed by atoms with E-state index in [1.54, 1.807) is 12.1 Å². The van der Waals surface area contributed by atoms with Gasteiger partial charge in [0.25, 0.3) is 0 Å². The summed E-state index contributed by atoms with van der Waals surface area (Å²) >= 11 is 0. The lowest BCUT2D eigenvalue weighted by molar-refractivity contribution is 0.709. The number of hydrogen-bond donors (Lipinski definition) is 0. The normalized spacial score (nSPS) is 14.6. The molecule has 0 radical (unpaired) electrons. The van der Waals surface area contributed by atoms with E-state index < -0.39 is 0 Å². The smallest absolute Gasteiger partial charge is 0.101 e. The number of nitriles is 2. The molecule has 3 aliphatic rings. The molecule has 11 rings (SSSR count). The van der Waals surface area contributed by atoms with Gasteiger partial charge < -0.3 is 9.80 Å². The molecule has 1 heterocycles. The van der Waals surface area contributed by atoms with Gasteiger partial charge in [0.1, 0.15) is 12.1 Å². The molecular formula is C48H30N6. The third-order valence-corrected chi connectivity index (χ3v) is 10.6. The summed E-state index contributed by atoms with van der Waals surface area (Å²) < 4.78 is 0. The molecule has 0 fully saturated rings. The van der Waals surface area contributed by atoms with Crippen LogP contribution in [0.25, 0.3) is 11.0 Å². The Hall–Kier alpha value is -7.54. The summed E-state index contributed by atoms with van der Waals surface area (Å²) in [5, 5.41) is 19.7. The van der Waals surface area contributed by atoms with Crippen molar-refractivity contribution in [1.29, 1.82) is 10.5 Å². The first-order valence-electron chi connectivity index (χ1n) is 17.9. The van der Waals surface area contributed by atoms with Crippen LogP contribution >= 0.6 is 0 Å². The van der Waals surface area contributed by atoms with Crippen molar-refractivity contribution in [2.75, 3.05) is 9.80 Å². The van der Waals surface area contributed by atoms with Gasteiger partial charge in [-0.05, 0) is 107 Å². The molecule has 0 aliphatic heterocycles. The summed E-state index contributed by atoms with van der Waals surface area (Å²) in [6.07, 6.45) is 0. The molecule has 54 heavy (non-hydrogen) atoms. The van der Waals surface area contributed by atoms with Gasteiger partial charge in [-0.2, -0.15) is 10.5 Å². The fraction of sp³-hybridized carbons (Fsp3) is 0.0417. The second-order valence-electron chi connectivity index (χ2n) is 13.6. The summed E-state index contributed by atoms with van der Waals surface area (Å²) in [7, 11) is 0. The molecular weight excluding hydrogens is 661 g/mol.